The lowest BCUT2D eigenvalue weighted by Crippen LogP contribution is -2.58. The van der Waals surface area contributed by atoms with Gasteiger partial charge >= 0.3 is 6.18 Å². The van der Waals surface area contributed by atoms with Gasteiger partial charge in [-0.25, -0.2) is 9.97 Å². The molecule has 1 aliphatic carbocycles. The zero-order valence-electron chi connectivity index (χ0n) is 22.1. The van der Waals surface area contributed by atoms with Gasteiger partial charge < -0.3 is 19.9 Å². The number of alkyl halides is 3. The molecule has 3 aliphatic rings. The van der Waals surface area contributed by atoms with E-state index in [0.29, 0.717) is 17.5 Å². The molecule has 3 heterocycles. The predicted molar refractivity (Wildman–Crippen MR) is 146 cm³/mol. The smallest absolute Gasteiger partial charge is 0.416 e. The molecule has 7 nitrogen and oxygen atoms in total. The van der Waals surface area contributed by atoms with E-state index >= 15 is 0 Å². The summed E-state index contributed by atoms with van der Waals surface area (Å²) in [7, 11) is 0. The Morgan fingerprint density at radius 1 is 0.925 bits per heavy atom. The summed E-state index contributed by atoms with van der Waals surface area (Å²) in [5, 5.41) is 12.5. The molecule has 2 aliphatic heterocycles. The van der Waals surface area contributed by atoms with Crippen LogP contribution in [0.2, 0.25) is 0 Å². The molecule has 2 saturated heterocycles. The van der Waals surface area contributed by atoms with Crippen LogP contribution in [0.5, 0.6) is 5.88 Å². The first kappa shape index (κ1) is 26.2. The van der Waals surface area contributed by atoms with E-state index < -0.39 is 11.7 Å². The number of aromatic nitrogens is 2. The van der Waals surface area contributed by atoms with E-state index in [4.69, 9.17) is 10.00 Å². The molecule has 1 aromatic heterocycles. The van der Waals surface area contributed by atoms with Crippen LogP contribution in [0, 0.1) is 16.7 Å². The van der Waals surface area contributed by atoms with Crippen molar-refractivity contribution in [3.05, 3.63) is 72.1 Å². The molecule has 208 valence electrons. The second-order valence-corrected chi connectivity index (χ2v) is 11.2. The van der Waals surface area contributed by atoms with Gasteiger partial charge in [0.05, 0.1) is 17.2 Å². The number of ether oxygens (including phenoxy) is 1. The zero-order valence-corrected chi connectivity index (χ0v) is 22.1. The molecule has 0 atom stereocenters. The van der Waals surface area contributed by atoms with E-state index in [1.807, 2.05) is 30.3 Å². The second-order valence-electron chi connectivity index (χ2n) is 11.2. The maximum Gasteiger partial charge on any atom is 0.416 e. The Balaban J connectivity index is 0.983. The number of halogens is 3. The SMILES string of the molecule is N#Cc1ccc(NC2CCC(Oc3cc(N4CC5(CCN(c6ccc(C(F)(F)F)cc6)C5)C4)ncn3)CC2)cc1. The summed E-state index contributed by atoms with van der Waals surface area (Å²) < 4.78 is 45.0. The molecule has 3 fully saturated rings. The summed E-state index contributed by atoms with van der Waals surface area (Å²) in [6, 6.07) is 17.4. The van der Waals surface area contributed by atoms with Gasteiger partial charge in [0, 0.05) is 55.1 Å². The van der Waals surface area contributed by atoms with Crippen LogP contribution in [-0.4, -0.2) is 48.3 Å². The minimum absolute atomic E-state index is 0.108. The fraction of sp³-hybridized carbons (Fsp3) is 0.433. The van der Waals surface area contributed by atoms with Crippen LogP contribution in [0.25, 0.3) is 0 Å². The van der Waals surface area contributed by atoms with Crippen molar-refractivity contribution in [1.82, 2.24) is 9.97 Å². The molecule has 0 bridgehead atoms. The first-order chi connectivity index (χ1) is 19.3. The zero-order chi connectivity index (χ0) is 27.7. The van der Waals surface area contributed by atoms with Crippen LogP contribution in [0.1, 0.15) is 43.2 Å². The number of anilines is 3. The van der Waals surface area contributed by atoms with Gasteiger partial charge in [0.15, 0.2) is 0 Å². The Kier molecular flexibility index (Phi) is 6.90. The topological polar surface area (TPSA) is 77.3 Å². The highest BCUT2D eigenvalue weighted by Gasteiger charge is 2.48. The molecule has 6 rings (SSSR count). The molecule has 1 saturated carbocycles. The molecule has 1 spiro atoms. The van der Waals surface area contributed by atoms with Crippen LogP contribution in [0.15, 0.2) is 60.9 Å². The molecule has 2 aromatic carbocycles. The fourth-order valence-corrected chi connectivity index (χ4v) is 6.14. The third kappa shape index (κ3) is 5.64. The van der Waals surface area contributed by atoms with Crippen LogP contribution < -0.4 is 19.9 Å². The summed E-state index contributed by atoms with van der Waals surface area (Å²) in [6.45, 7) is 3.36. The van der Waals surface area contributed by atoms with E-state index in [1.54, 1.807) is 18.5 Å². The van der Waals surface area contributed by atoms with Crippen molar-refractivity contribution in [2.45, 2.75) is 50.4 Å². The first-order valence-corrected chi connectivity index (χ1v) is 13.7. The highest BCUT2D eigenvalue weighted by molar-refractivity contribution is 5.52. The maximum absolute atomic E-state index is 12.9. The van der Waals surface area contributed by atoms with Crippen molar-refractivity contribution in [3.8, 4) is 11.9 Å². The van der Waals surface area contributed by atoms with Gasteiger partial charge in [-0.3, -0.25) is 0 Å². The number of hydrogen-bond acceptors (Lipinski definition) is 7. The molecule has 0 unspecified atom stereocenters. The third-order valence-corrected chi connectivity index (χ3v) is 8.35. The summed E-state index contributed by atoms with van der Waals surface area (Å²) >= 11 is 0. The van der Waals surface area contributed by atoms with Crippen molar-refractivity contribution >= 4 is 17.2 Å². The van der Waals surface area contributed by atoms with Crippen molar-refractivity contribution in [2.24, 2.45) is 5.41 Å². The first-order valence-electron chi connectivity index (χ1n) is 13.7. The molecule has 0 amide bonds. The van der Waals surface area contributed by atoms with Crippen molar-refractivity contribution < 1.29 is 17.9 Å². The highest BCUT2D eigenvalue weighted by Crippen LogP contribution is 2.43. The monoisotopic (exact) mass is 548 g/mol. The number of nitriles is 1. The van der Waals surface area contributed by atoms with Crippen molar-refractivity contribution in [3.63, 3.8) is 0 Å². The summed E-state index contributed by atoms with van der Waals surface area (Å²) in [6.07, 6.45) is 2.19. The molecule has 10 heteroatoms. The van der Waals surface area contributed by atoms with Gasteiger partial charge in [0.2, 0.25) is 5.88 Å². The van der Waals surface area contributed by atoms with Crippen LogP contribution in [0.4, 0.5) is 30.4 Å². The van der Waals surface area contributed by atoms with Crippen LogP contribution >= 0.6 is 0 Å². The lowest BCUT2D eigenvalue weighted by atomic mass is 9.79. The molecule has 0 radical (unpaired) electrons. The number of benzene rings is 2. The second kappa shape index (κ2) is 10.5. The molecule has 1 N–H and O–H groups in total. The van der Waals surface area contributed by atoms with Gasteiger partial charge in [0.1, 0.15) is 18.2 Å². The Bertz CT molecular complexity index is 1360. The standard InChI is InChI=1S/C30H31F3N6O/c31-30(32,33)22-3-9-25(10-4-22)38-14-13-29(17-38)18-39(19-29)27-15-28(36-20-35-27)40-26-11-7-24(8-12-26)37-23-5-1-21(16-34)2-6-23/h1-6,9-10,15,20,24,26,37H,7-8,11-14,17-19H2. The average molecular weight is 549 g/mol. The van der Waals surface area contributed by atoms with Crippen molar-refractivity contribution in [2.75, 3.05) is 41.3 Å². The molecule has 3 aromatic rings. The average Bonchev–Trinajstić information content (AvgIpc) is 3.40. The third-order valence-electron chi connectivity index (χ3n) is 8.35. The van der Waals surface area contributed by atoms with Gasteiger partial charge in [-0.15, -0.1) is 0 Å². The lowest BCUT2D eigenvalue weighted by Gasteiger charge is -2.48. The van der Waals surface area contributed by atoms with E-state index in [1.165, 1.54) is 0 Å². The van der Waals surface area contributed by atoms with Crippen LogP contribution in [-0.2, 0) is 6.18 Å². The van der Waals surface area contributed by atoms with Gasteiger partial charge in [-0.2, -0.15) is 18.4 Å². The number of nitrogens with zero attached hydrogens (tertiary/aromatic N) is 5. The summed E-state index contributed by atoms with van der Waals surface area (Å²) in [5.74, 6) is 1.44. The van der Waals surface area contributed by atoms with Crippen molar-refractivity contribution in [1.29, 1.82) is 5.26 Å². The quantitative estimate of drug-likeness (QED) is 0.412. The van der Waals surface area contributed by atoms with E-state index in [2.05, 4.69) is 31.2 Å². The van der Waals surface area contributed by atoms with Gasteiger partial charge in [-0.1, -0.05) is 0 Å². The Morgan fingerprint density at radius 3 is 2.30 bits per heavy atom. The summed E-state index contributed by atoms with van der Waals surface area (Å²) in [5.41, 5.74) is 2.02. The van der Waals surface area contributed by atoms with Gasteiger partial charge in [0.25, 0.3) is 0 Å². The Morgan fingerprint density at radius 2 is 1.62 bits per heavy atom. The minimum atomic E-state index is -4.32. The van der Waals surface area contributed by atoms with Gasteiger partial charge in [-0.05, 0) is 80.6 Å². The van der Waals surface area contributed by atoms with E-state index in [0.717, 1.165) is 87.6 Å². The normalized spacial score (nSPS) is 22.1. The Hall–Kier alpha value is -4.00. The Labute approximate surface area is 231 Å². The minimum Gasteiger partial charge on any atom is -0.474 e. The fourth-order valence-electron chi connectivity index (χ4n) is 6.14. The largest absolute Gasteiger partial charge is 0.474 e. The maximum atomic E-state index is 12.9. The predicted octanol–water partition coefficient (Wildman–Crippen LogP) is 5.89. The molecular weight excluding hydrogens is 517 g/mol. The number of rotatable bonds is 6. The van der Waals surface area contributed by atoms with E-state index in [9.17, 15) is 13.2 Å². The molecular formula is C30H31F3N6O. The summed E-state index contributed by atoms with van der Waals surface area (Å²) in [4.78, 5) is 13.2. The molecule has 40 heavy (non-hydrogen) atoms. The number of nitrogens with one attached hydrogen (secondary N) is 1. The lowest BCUT2D eigenvalue weighted by molar-refractivity contribution is -0.137. The van der Waals surface area contributed by atoms with Crippen LogP contribution in [0.3, 0.4) is 0 Å². The van der Waals surface area contributed by atoms with E-state index in [-0.39, 0.29) is 11.5 Å². The number of hydrogen-bond donors (Lipinski definition) is 1. The highest BCUT2D eigenvalue weighted by atomic mass is 19.4.